The topological polar surface area (TPSA) is 15.3 Å². The quantitative estimate of drug-likeness (QED) is 0.520. The van der Waals surface area contributed by atoms with Gasteiger partial charge in [0.2, 0.25) is 0 Å². The van der Waals surface area contributed by atoms with E-state index in [0.717, 1.165) is 17.7 Å². The molecule has 2 aliphatic rings. The minimum atomic E-state index is 0.772. The van der Waals surface area contributed by atoms with Crippen LogP contribution in [0.1, 0.15) is 19.3 Å². The van der Waals surface area contributed by atoms with Crippen molar-refractivity contribution in [2.45, 2.75) is 25.3 Å². The van der Waals surface area contributed by atoms with Crippen LogP contribution in [0, 0.1) is 0 Å². The second-order valence-electron chi connectivity index (χ2n) is 3.01. The summed E-state index contributed by atoms with van der Waals surface area (Å²) in [4.78, 5) is 2.33. The van der Waals surface area contributed by atoms with Crippen LogP contribution >= 0.6 is 12.2 Å². The van der Waals surface area contributed by atoms with Crippen LogP contribution < -0.4 is 5.32 Å². The van der Waals surface area contributed by atoms with Gasteiger partial charge in [0.25, 0.3) is 0 Å². The zero-order valence-corrected chi connectivity index (χ0v) is 6.78. The average molecular weight is 156 g/mol. The molecule has 3 heteroatoms. The molecule has 2 heterocycles. The first-order valence-electron chi connectivity index (χ1n) is 3.92. The van der Waals surface area contributed by atoms with Crippen molar-refractivity contribution in [1.82, 2.24) is 10.2 Å². The van der Waals surface area contributed by atoms with E-state index in [1.807, 2.05) is 0 Å². The smallest absolute Gasteiger partial charge is 0.169 e. The number of fused-ring (bicyclic) bond motifs is 1. The van der Waals surface area contributed by atoms with Crippen molar-refractivity contribution in [2.24, 2.45) is 0 Å². The van der Waals surface area contributed by atoms with E-state index < -0.39 is 0 Å². The third kappa shape index (κ3) is 0.888. The maximum Gasteiger partial charge on any atom is 0.169 e. The van der Waals surface area contributed by atoms with Crippen molar-refractivity contribution >= 4 is 17.3 Å². The number of nitrogens with one attached hydrogen (secondary N) is 1. The summed E-state index contributed by atoms with van der Waals surface area (Å²) in [7, 11) is 0. The SMILES string of the molecule is S=C1NCCC2CCCN12. The van der Waals surface area contributed by atoms with Gasteiger partial charge in [-0.25, -0.2) is 0 Å². The van der Waals surface area contributed by atoms with Gasteiger partial charge >= 0.3 is 0 Å². The molecule has 1 N–H and O–H groups in total. The molecule has 0 aromatic rings. The fourth-order valence-electron chi connectivity index (χ4n) is 1.85. The molecule has 0 amide bonds. The molecule has 0 aromatic heterocycles. The molecule has 2 aliphatic heterocycles. The Morgan fingerprint density at radius 1 is 1.50 bits per heavy atom. The van der Waals surface area contributed by atoms with Gasteiger partial charge in [-0.15, -0.1) is 0 Å². The van der Waals surface area contributed by atoms with E-state index in [9.17, 15) is 0 Å². The minimum absolute atomic E-state index is 0.772. The number of hydrogen-bond acceptors (Lipinski definition) is 1. The lowest BCUT2D eigenvalue weighted by Gasteiger charge is -2.32. The minimum Gasteiger partial charge on any atom is -0.362 e. The highest BCUT2D eigenvalue weighted by molar-refractivity contribution is 7.80. The molecule has 56 valence electrons. The van der Waals surface area contributed by atoms with Crippen LogP contribution in [-0.4, -0.2) is 29.1 Å². The molecule has 1 atom stereocenters. The summed E-state index contributed by atoms with van der Waals surface area (Å²) in [5.41, 5.74) is 0. The molecular weight excluding hydrogens is 144 g/mol. The van der Waals surface area contributed by atoms with Gasteiger partial charge in [-0.2, -0.15) is 0 Å². The highest BCUT2D eigenvalue weighted by Crippen LogP contribution is 2.21. The first-order chi connectivity index (χ1) is 4.88. The van der Waals surface area contributed by atoms with E-state index in [2.05, 4.69) is 10.2 Å². The van der Waals surface area contributed by atoms with Crippen molar-refractivity contribution in [3.05, 3.63) is 0 Å². The molecule has 0 radical (unpaired) electrons. The number of nitrogens with zero attached hydrogens (tertiary/aromatic N) is 1. The van der Waals surface area contributed by atoms with E-state index >= 15 is 0 Å². The van der Waals surface area contributed by atoms with E-state index in [4.69, 9.17) is 12.2 Å². The van der Waals surface area contributed by atoms with Gasteiger partial charge in [0.05, 0.1) is 0 Å². The van der Waals surface area contributed by atoms with Crippen molar-refractivity contribution in [1.29, 1.82) is 0 Å². The molecule has 2 nitrogen and oxygen atoms in total. The van der Waals surface area contributed by atoms with E-state index in [1.54, 1.807) is 0 Å². The zero-order chi connectivity index (χ0) is 6.97. The summed E-state index contributed by atoms with van der Waals surface area (Å²) >= 11 is 5.16. The summed E-state index contributed by atoms with van der Waals surface area (Å²) in [5.74, 6) is 0. The van der Waals surface area contributed by atoms with Crippen LogP contribution in [0.25, 0.3) is 0 Å². The standard InChI is InChI=1S/C7H12N2S/c10-7-8-4-3-6-2-1-5-9(6)7/h6H,1-5H2,(H,8,10). The third-order valence-corrected chi connectivity index (χ3v) is 2.77. The van der Waals surface area contributed by atoms with Gasteiger partial charge in [-0.05, 0) is 31.5 Å². The average Bonchev–Trinajstić information content (AvgIpc) is 2.36. The lowest BCUT2D eigenvalue weighted by Crippen LogP contribution is -2.48. The molecule has 0 aliphatic carbocycles. The highest BCUT2D eigenvalue weighted by atomic mass is 32.1. The van der Waals surface area contributed by atoms with Crippen molar-refractivity contribution in [3.63, 3.8) is 0 Å². The maximum absolute atomic E-state index is 5.16. The highest BCUT2D eigenvalue weighted by Gasteiger charge is 2.28. The first kappa shape index (κ1) is 6.40. The van der Waals surface area contributed by atoms with Crippen LogP contribution in [0.15, 0.2) is 0 Å². The van der Waals surface area contributed by atoms with E-state index in [-0.39, 0.29) is 0 Å². The number of thiocarbonyl (C=S) groups is 1. The van der Waals surface area contributed by atoms with Crippen LogP contribution in [0.4, 0.5) is 0 Å². The normalized spacial score (nSPS) is 31.8. The second-order valence-corrected chi connectivity index (χ2v) is 3.40. The summed E-state index contributed by atoms with van der Waals surface area (Å²) in [6.07, 6.45) is 3.95. The molecule has 2 fully saturated rings. The van der Waals surface area contributed by atoms with Gasteiger partial charge in [0, 0.05) is 19.1 Å². The largest absolute Gasteiger partial charge is 0.362 e. The Labute approximate surface area is 66.6 Å². The summed E-state index contributed by atoms with van der Waals surface area (Å²) < 4.78 is 0. The van der Waals surface area contributed by atoms with Gasteiger partial charge in [0.15, 0.2) is 5.11 Å². The Balaban J connectivity index is 2.10. The molecule has 2 rings (SSSR count). The lowest BCUT2D eigenvalue weighted by molar-refractivity contribution is 0.335. The molecule has 0 aromatic carbocycles. The van der Waals surface area contributed by atoms with E-state index in [1.165, 1.54) is 25.8 Å². The Kier molecular flexibility index (Phi) is 1.52. The number of rotatable bonds is 0. The maximum atomic E-state index is 5.16. The summed E-state index contributed by atoms with van der Waals surface area (Å²) in [6.45, 7) is 2.26. The zero-order valence-electron chi connectivity index (χ0n) is 5.97. The Bertz CT molecular complexity index is 158. The van der Waals surface area contributed by atoms with Crippen LogP contribution in [0.3, 0.4) is 0 Å². The first-order valence-corrected chi connectivity index (χ1v) is 4.33. The van der Waals surface area contributed by atoms with Crippen molar-refractivity contribution in [3.8, 4) is 0 Å². The van der Waals surface area contributed by atoms with Gasteiger partial charge in [0.1, 0.15) is 0 Å². The molecule has 0 spiro atoms. The van der Waals surface area contributed by atoms with E-state index in [0.29, 0.717) is 0 Å². The van der Waals surface area contributed by atoms with Crippen LogP contribution in [-0.2, 0) is 0 Å². The van der Waals surface area contributed by atoms with Gasteiger partial charge < -0.3 is 10.2 Å². The fraction of sp³-hybridized carbons (Fsp3) is 0.857. The molecule has 2 saturated heterocycles. The van der Waals surface area contributed by atoms with Crippen LogP contribution in [0.2, 0.25) is 0 Å². The summed E-state index contributed by atoms with van der Waals surface area (Å²) in [6, 6.07) is 0.772. The number of hydrogen-bond donors (Lipinski definition) is 1. The fourth-order valence-corrected chi connectivity index (χ4v) is 2.19. The predicted octanol–water partition coefficient (Wildman–Crippen LogP) is 0.729. The Morgan fingerprint density at radius 3 is 3.20 bits per heavy atom. The summed E-state index contributed by atoms with van der Waals surface area (Å²) in [5, 5.41) is 4.19. The molecule has 0 saturated carbocycles. The molecule has 1 unspecified atom stereocenters. The Morgan fingerprint density at radius 2 is 2.40 bits per heavy atom. The van der Waals surface area contributed by atoms with Crippen molar-refractivity contribution in [2.75, 3.05) is 13.1 Å². The van der Waals surface area contributed by atoms with Gasteiger partial charge in [-0.1, -0.05) is 0 Å². The van der Waals surface area contributed by atoms with Crippen LogP contribution in [0.5, 0.6) is 0 Å². The Hall–Kier alpha value is -0.310. The third-order valence-electron chi connectivity index (χ3n) is 2.39. The monoisotopic (exact) mass is 156 g/mol. The van der Waals surface area contributed by atoms with Gasteiger partial charge in [-0.3, -0.25) is 0 Å². The predicted molar refractivity (Wildman–Crippen MR) is 44.9 cm³/mol. The molecule has 10 heavy (non-hydrogen) atoms. The molecular formula is C7H12N2S. The molecule has 0 bridgehead atoms. The lowest BCUT2D eigenvalue weighted by atomic mass is 10.1. The second kappa shape index (κ2) is 2.38. The van der Waals surface area contributed by atoms with Crippen molar-refractivity contribution < 1.29 is 0 Å².